The number of hydrogen-bond donors (Lipinski definition) is 2. The fourth-order valence-corrected chi connectivity index (χ4v) is 2.09. The van der Waals surface area contributed by atoms with Gasteiger partial charge in [-0.3, -0.25) is 0 Å². The normalized spacial score (nSPS) is 12.9. The first-order chi connectivity index (χ1) is 6.19. The van der Waals surface area contributed by atoms with Crippen molar-refractivity contribution >= 4 is 27.5 Å². The Bertz CT molecular complexity index is 289. The molecule has 0 heterocycles. The average molecular weight is 265 g/mol. The van der Waals surface area contributed by atoms with Gasteiger partial charge in [0.05, 0.1) is 12.6 Å². The number of hydrogen-bond acceptors (Lipinski definition) is 2. The molecular weight excluding hydrogens is 253 g/mol. The van der Waals surface area contributed by atoms with E-state index in [1.807, 2.05) is 25.2 Å². The molecule has 0 unspecified atom stereocenters. The van der Waals surface area contributed by atoms with Gasteiger partial charge >= 0.3 is 0 Å². The van der Waals surface area contributed by atoms with Crippen LogP contribution in [-0.2, 0) is 0 Å². The Morgan fingerprint density at radius 3 is 2.77 bits per heavy atom. The highest BCUT2D eigenvalue weighted by Crippen LogP contribution is 2.26. The molecule has 72 valence electrons. The van der Waals surface area contributed by atoms with Crippen molar-refractivity contribution in [2.75, 3.05) is 13.7 Å². The van der Waals surface area contributed by atoms with Gasteiger partial charge in [0, 0.05) is 9.50 Å². The summed E-state index contributed by atoms with van der Waals surface area (Å²) in [6, 6.07) is 5.47. The van der Waals surface area contributed by atoms with E-state index in [0.717, 1.165) is 10.0 Å². The Hall–Kier alpha value is -0.0900. The number of aliphatic hydroxyl groups is 1. The van der Waals surface area contributed by atoms with Crippen molar-refractivity contribution in [3.8, 4) is 0 Å². The van der Waals surface area contributed by atoms with Gasteiger partial charge in [0.25, 0.3) is 0 Å². The van der Waals surface area contributed by atoms with Crippen LogP contribution in [0.15, 0.2) is 22.7 Å². The molecule has 2 nitrogen and oxygen atoms in total. The topological polar surface area (TPSA) is 32.3 Å². The third-order valence-electron chi connectivity index (χ3n) is 1.87. The summed E-state index contributed by atoms with van der Waals surface area (Å²) in [5, 5.41) is 12.7. The Kier molecular flexibility index (Phi) is 4.19. The quantitative estimate of drug-likeness (QED) is 0.878. The molecule has 0 aliphatic heterocycles. The lowest BCUT2D eigenvalue weighted by atomic mass is 10.1. The SMILES string of the molecule is CN[C@H](CO)c1ccc(Cl)cc1Br. The first-order valence-electron chi connectivity index (χ1n) is 3.92. The maximum absolute atomic E-state index is 9.06. The van der Waals surface area contributed by atoms with E-state index in [2.05, 4.69) is 21.2 Å². The van der Waals surface area contributed by atoms with Crippen LogP contribution in [0.3, 0.4) is 0 Å². The fourth-order valence-electron chi connectivity index (χ4n) is 1.13. The summed E-state index contributed by atoms with van der Waals surface area (Å²) in [4.78, 5) is 0. The second kappa shape index (κ2) is 4.96. The standard InChI is InChI=1S/C9H11BrClNO/c1-12-9(5-13)7-3-2-6(11)4-8(7)10/h2-4,9,12-13H,5H2,1H3/t9-/m1/s1. The molecule has 4 heteroatoms. The first-order valence-corrected chi connectivity index (χ1v) is 5.09. The van der Waals surface area contributed by atoms with Gasteiger partial charge in [0.15, 0.2) is 0 Å². The Morgan fingerprint density at radius 2 is 2.31 bits per heavy atom. The average Bonchev–Trinajstić information content (AvgIpc) is 2.10. The molecule has 1 rings (SSSR count). The van der Waals surface area contributed by atoms with Gasteiger partial charge in [-0.2, -0.15) is 0 Å². The van der Waals surface area contributed by atoms with E-state index in [4.69, 9.17) is 16.7 Å². The molecule has 2 N–H and O–H groups in total. The number of rotatable bonds is 3. The number of aliphatic hydroxyl groups excluding tert-OH is 1. The lowest BCUT2D eigenvalue weighted by molar-refractivity contribution is 0.250. The summed E-state index contributed by atoms with van der Waals surface area (Å²) in [7, 11) is 1.81. The molecule has 0 spiro atoms. The van der Waals surface area contributed by atoms with Crippen LogP contribution in [-0.4, -0.2) is 18.8 Å². The third kappa shape index (κ3) is 2.68. The zero-order valence-electron chi connectivity index (χ0n) is 7.22. The van der Waals surface area contributed by atoms with Crippen LogP contribution in [0.4, 0.5) is 0 Å². The first kappa shape index (κ1) is 11.0. The van der Waals surface area contributed by atoms with Crippen molar-refractivity contribution in [1.29, 1.82) is 0 Å². The van der Waals surface area contributed by atoms with Gasteiger partial charge in [0.2, 0.25) is 0 Å². The molecule has 0 aliphatic rings. The number of benzene rings is 1. The van der Waals surface area contributed by atoms with E-state index in [-0.39, 0.29) is 12.6 Å². The summed E-state index contributed by atoms with van der Waals surface area (Å²) in [6.45, 7) is 0.0662. The Morgan fingerprint density at radius 1 is 1.62 bits per heavy atom. The zero-order valence-corrected chi connectivity index (χ0v) is 9.56. The van der Waals surface area contributed by atoms with E-state index < -0.39 is 0 Å². The summed E-state index contributed by atoms with van der Waals surface area (Å²) >= 11 is 9.19. The number of likely N-dealkylation sites (N-methyl/N-ethyl adjacent to an activating group) is 1. The molecule has 0 saturated carbocycles. The van der Waals surface area contributed by atoms with Crippen LogP contribution in [0, 0.1) is 0 Å². The molecular formula is C9H11BrClNO. The number of halogens is 2. The minimum absolute atomic E-state index is 0.0494. The van der Waals surface area contributed by atoms with Crippen molar-refractivity contribution in [3.05, 3.63) is 33.3 Å². The van der Waals surface area contributed by atoms with E-state index in [1.165, 1.54) is 0 Å². The largest absolute Gasteiger partial charge is 0.394 e. The molecule has 13 heavy (non-hydrogen) atoms. The van der Waals surface area contributed by atoms with Crippen LogP contribution in [0.1, 0.15) is 11.6 Å². The molecule has 0 radical (unpaired) electrons. The van der Waals surface area contributed by atoms with Crippen LogP contribution in [0.2, 0.25) is 5.02 Å². The van der Waals surface area contributed by atoms with Crippen molar-refractivity contribution in [1.82, 2.24) is 5.32 Å². The van der Waals surface area contributed by atoms with Gasteiger partial charge in [-0.25, -0.2) is 0 Å². The summed E-state index contributed by atoms with van der Waals surface area (Å²) in [6.07, 6.45) is 0. The van der Waals surface area contributed by atoms with Crippen molar-refractivity contribution in [2.45, 2.75) is 6.04 Å². The summed E-state index contributed by atoms with van der Waals surface area (Å²) < 4.78 is 0.911. The van der Waals surface area contributed by atoms with Gasteiger partial charge in [-0.15, -0.1) is 0 Å². The molecule has 0 aromatic heterocycles. The molecule has 1 aromatic rings. The van der Waals surface area contributed by atoms with Crippen LogP contribution >= 0.6 is 27.5 Å². The monoisotopic (exact) mass is 263 g/mol. The van der Waals surface area contributed by atoms with E-state index in [9.17, 15) is 0 Å². The second-order valence-corrected chi connectivity index (χ2v) is 3.98. The number of nitrogens with one attached hydrogen (secondary N) is 1. The van der Waals surface area contributed by atoms with Crippen molar-refractivity contribution < 1.29 is 5.11 Å². The highest BCUT2D eigenvalue weighted by Gasteiger charge is 2.10. The minimum Gasteiger partial charge on any atom is -0.394 e. The van der Waals surface area contributed by atoms with Crippen LogP contribution in [0.5, 0.6) is 0 Å². The highest BCUT2D eigenvalue weighted by atomic mass is 79.9. The van der Waals surface area contributed by atoms with E-state index in [1.54, 1.807) is 0 Å². The third-order valence-corrected chi connectivity index (χ3v) is 2.79. The minimum atomic E-state index is -0.0494. The van der Waals surface area contributed by atoms with Crippen LogP contribution < -0.4 is 5.32 Å². The van der Waals surface area contributed by atoms with Gasteiger partial charge < -0.3 is 10.4 Å². The molecule has 0 saturated heterocycles. The van der Waals surface area contributed by atoms with Crippen molar-refractivity contribution in [2.24, 2.45) is 0 Å². The lowest BCUT2D eigenvalue weighted by Gasteiger charge is -2.15. The van der Waals surface area contributed by atoms with Gasteiger partial charge in [0.1, 0.15) is 0 Å². The van der Waals surface area contributed by atoms with Crippen molar-refractivity contribution in [3.63, 3.8) is 0 Å². The maximum atomic E-state index is 9.06. The predicted octanol–water partition coefficient (Wildman–Crippen LogP) is 2.36. The fraction of sp³-hybridized carbons (Fsp3) is 0.333. The maximum Gasteiger partial charge on any atom is 0.0626 e. The predicted molar refractivity (Wildman–Crippen MR) is 58.0 cm³/mol. The van der Waals surface area contributed by atoms with Crippen LogP contribution in [0.25, 0.3) is 0 Å². The van der Waals surface area contributed by atoms with E-state index >= 15 is 0 Å². The molecule has 1 atom stereocenters. The summed E-state index contributed by atoms with van der Waals surface area (Å²) in [5.41, 5.74) is 1.01. The Labute approximate surface area is 91.0 Å². The molecule has 1 aromatic carbocycles. The molecule has 0 bridgehead atoms. The zero-order chi connectivity index (χ0) is 9.84. The lowest BCUT2D eigenvalue weighted by Crippen LogP contribution is -2.20. The molecule has 0 fully saturated rings. The molecule has 0 aliphatic carbocycles. The van der Waals surface area contributed by atoms with Gasteiger partial charge in [-0.05, 0) is 24.7 Å². The smallest absolute Gasteiger partial charge is 0.0626 e. The molecule has 0 amide bonds. The summed E-state index contributed by atoms with van der Waals surface area (Å²) in [5.74, 6) is 0. The Balaban J connectivity index is 2.99. The van der Waals surface area contributed by atoms with E-state index in [0.29, 0.717) is 5.02 Å². The second-order valence-electron chi connectivity index (χ2n) is 2.69. The van der Waals surface area contributed by atoms with Gasteiger partial charge in [-0.1, -0.05) is 33.6 Å². The highest BCUT2D eigenvalue weighted by molar-refractivity contribution is 9.10.